The van der Waals surface area contributed by atoms with Gasteiger partial charge in [0.2, 0.25) is 21.8 Å². The minimum Gasteiger partial charge on any atom is -0.473 e. The summed E-state index contributed by atoms with van der Waals surface area (Å²) in [5.74, 6) is -2.11. The van der Waals surface area contributed by atoms with Crippen molar-refractivity contribution < 1.29 is 37.1 Å². The van der Waals surface area contributed by atoms with Crippen LogP contribution in [0.4, 0.5) is 4.79 Å². The largest absolute Gasteiger partial charge is 0.473 e. The second-order valence-electron chi connectivity index (χ2n) is 16.5. The second-order valence-corrected chi connectivity index (χ2v) is 18.4. The van der Waals surface area contributed by atoms with E-state index in [1.807, 2.05) is 24.3 Å². The van der Waals surface area contributed by atoms with Gasteiger partial charge in [-0.25, -0.2) is 13.2 Å². The number of sulfonamides is 1. The standard InChI is InChI=1S/C40H51N5O9S/c1-2-27-22-40(27,38(49)43-55(51,52)29-17-18-29)42-35(46)31-21-28-23-45(31)37(48)34(25-11-3-4-12-25)41-39(50)54-32-16-9-14-24(32)10-7-8-19-44-33(53-28)20-26-13-5-6-15-30(26)36(44)47/h2,5-6,13,15,20,24-25,27-29,31-32,34H,1,3-4,7-12,14,16-19,21-23H2,(H,41,50)(H,42,46)(H,43,49)/t24-,27-,28-,31+,32-,34+,40-/m1/s1. The van der Waals surface area contributed by atoms with Gasteiger partial charge in [0, 0.05) is 30.3 Å². The smallest absolute Gasteiger partial charge is 0.408 e. The number of aromatic nitrogens is 1. The van der Waals surface area contributed by atoms with Crippen LogP contribution in [0.25, 0.3) is 10.8 Å². The molecular weight excluding hydrogens is 727 g/mol. The number of nitrogens with one attached hydrogen (secondary N) is 3. The maximum Gasteiger partial charge on any atom is 0.408 e. The Labute approximate surface area is 320 Å². The second kappa shape index (κ2) is 14.9. The Morgan fingerprint density at radius 2 is 1.65 bits per heavy atom. The van der Waals surface area contributed by atoms with E-state index in [1.165, 1.54) is 11.0 Å². The number of hydrogen-bond acceptors (Lipinski definition) is 9. The predicted molar refractivity (Wildman–Crippen MR) is 202 cm³/mol. The number of rotatable bonds is 7. The van der Waals surface area contributed by atoms with Crippen LogP contribution in [0.5, 0.6) is 5.88 Å². The average molecular weight is 778 g/mol. The van der Waals surface area contributed by atoms with Crippen molar-refractivity contribution in [1.82, 2.24) is 24.8 Å². The molecule has 1 aromatic carbocycles. The van der Waals surface area contributed by atoms with Gasteiger partial charge < -0.3 is 25.0 Å². The number of benzene rings is 1. The Morgan fingerprint density at radius 1 is 0.927 bits per heavy atom. The summed E-state index contributed by atoms with van der Waals surface area (Å²) in [6, 6.07) is 7.04. The quantitative estimate of drug-likeness (QED) is 0.354. The van der Waals surface area contributed by atoms with Crippen molar-refractivity contribution in [3.05, 3.63) is 53.3 Å². The van der Waals surface area contributed by atoms with Crippen molar-refractivity contribution in [2.75, 3.05) is 6.54 Å². The number of carbonyl (C=O) groups excluding carboxylic acids is 4. The first-order valence-electron chi connectivity index (χ1n) is 20.0. The molecule has 55 heavy (non-hydrogen) atoms. The van der Waals surface area contributed by atoms with Crippen LogP contribution in [0, 0.1) is 17.8 Å². The van der Waals surface area contributed by atoms with Gasteiger partial charge in [0.25, 0.3) is 11.5 Å². The molecule has 1 aromatic heterocycles. The number of pyridine rings is 1. The summed E-state index contributed by atoms with van der Waals surface area (Å²) in [7, 11) is -3.90. The van der Waals surface area contributed by atoms with Crippen LogP contribution in [0.3, 0.4) is 0 Å². The molecule has 15 heteroatoms. The lowest BCUT2D eigenvalue weighted by Gasteiger charge is -2.32. The highest BCUT2D eigenvalue weighted by molar-refractivity contribution is 7.91. The SMILES string of the molecule is C=C[C@@H]1C[C@]1(NC(=O)[C@@H]1C[C@@H]2CN1C(=O)[C@H](C1CCCC1)NC(=O)O[C@@H]1CCC[C@H]1CCCCn1c(cc3ccccc3c1=O)O2)C(=O)NS(=O)(=O)C1CC1. The third-order valence-corrected chi connectivity index (χ3v) is 14.7. The highest BCUT2D eigenvalue weighted by Gasteiger charge is 2.62. The number of alkyl carbamates (subject to hydrolysis) is 1. The van der Waals surface area contributed by atoms with Gasteiger partial charge in [0.15, 0.2) is 5.88 Å². The minimum atomic E-state index is -3.90. The molecule has 296 valence electrons. The zero-order chi connectivity index (χ0) is 38.5. The highest BCUT2D eigenvalue weighted by atomic mass is 32.2. The van der Waals surface area contributed by atoms with E-state index in [-0.39, 0.29) is 42.9 Å². The maximum absolute atomic E-state index is 14.8. The number of hydrogen-bond donors (Lipinski definition) is 3. The molecule has 7 atom stereocenters. The number of nitrogens with zero attached hydrogens (tertiary/aromatic N) is 2. The number of amides is 4. The molecule has 6 aliphatic rings. The molecular formula is C40H51N5O9S. The van der Waals surface area contributed by atoms with Gasteiger partial charge in [0.05, 0.1) is 11.8 Å². The molecule has 0 radical (unpaired) electrons. The number of carbonyl (C=O) groups is 4. The molecule has 1 saturated heterocycles. The first kappa shape index (κ1) is 37.5. The molecule has 0 unspecified atom stereocenters. The molecule has 8 rings (SSSR count). The monoisotopic (exact) mass is 777 g/mol. The van der Waals surface area contributed by atoms with Gasteiger partial charge in [0.1, 0.15) is 29.8 Å². The summed E-state index contributed by atoms with van der Waals surface area (Å²) in [4.78, 5) is 71.7. The van der Waals surface area contributed by atoms with Crippen molar-refractivity contribution in [3.8, 4) is 5.88 Å². The highest BCUT2D eigenvalue weighted by Crippen LogP contribution is 2.46. The van der Waals surface area contributed by atoms with Crippen LogP contribution in [-0.4, -0.2) is 83.3 Å². The summed E-state index contributed by atoms with van der Waals surface area (Å²) >= 11 is 0. The van der Waals surface area contributed by atoms with E-state index in [0.29, 0.717) is 42.5 Å². The van der Waals surface area contributed by atoms with Crippen molar-refractivity contribution >= 4 is 44.6 Å². The van der Waals surface area contributed by atoms with E-state index in [1.54, 1.807) is 10.6 Å². The van der Waals surface area contributed by atoms with Gasteiger partial charge in [-0.05, 0) is 87.5 Å². The van der Waals surface area contributed by atoms with Gasteiger partial charge in [-0.3, -0.25) is 28.5 Å². The topological polar surface area (TPSA) is 182 Å². The fourth-order valence-electron chi connectivity index (χ4n) is 9.46. The van der Waals surface area contributed by atoms with Crippen LogP contribution in [0.15, 0.2) is 47.8 Å². The third kappa shape index (κ3) is 7.48. The van der Waals surface area contributed by atoms with Crippen LogP contribution in [-0.2, 0) is 35.7 Å². The first-order valence-corrected chi connectivity index (χ1v) is 21.6. The van der Waals surface area contributed by atoms with E-state index >= 15 is 0 Å². The van der Waals surface area contributed by atoms with E-state index in [9.17, 15) is 32.4 Å². The summed E-state index contributed by atoms with van der Waals surface area (Å²) in [6.07, 6.45) is 9.14. The molecule has 4 aliphatic carbocycles. The third-order valence-electron chi connectivity index (χ3n) is 12.8. The van der Waals surface area contributed by atoms with E-state index in [4.69, 9.17) is 9.47 Å². The Bertz CT molecular complexity index is 2040. The predicted octanol–water partition coefficient (Wildman–Crippen LogP) is 3.66. The Hall–Kier alpha value is -4.40. The van der Waals surface area contributed by atoms with Gasteiger partial charge >= 0.3 is 6.09 Å². The number of fused-ring (bicyclic) bond motifs is 5. The van der Waals surface area contributed by atoms with E-state index in [2.05, 4.69) is 21.9 Å². The van der Waals surface area contributed by atoms with Gasteiger partial charge in [-0.2, -0.15) is 0 Å². The summed E-state index contributed by atoms with van der Waals surface area (Å²) in [6.45, 7) is 4.17. The van der Waals surface area contributed by atoms with Crippen LogP contribution < -0.4 is 25.7 Å². The summed E-state index contributed by atoms with van der Waals surface area (Å²) in [5.41, 5.74) is -1.74. The molecule has 4 amide bonds. The fourth-order valence-corrected chi connectivity index (χ4v) is 10.8. The molecule has 2 aromatic rings. The normalized spacial score (nSPS) is 31.7. The lowest BCUT2D eigenvalue weighted by Crippen LogP contribution is -2.59. The summed E-state index contributed by atoms with van der Waals surface area (Å²) in [5, 5.41) is 6.38. The first-order chi connectivity index (χ1) is 26.5. The average Bonchev–Trinajstić information content (AvgIpc) is 3.95. The number of ether oxygens (including phenoxy) is 2. The summed E-state index contributed by atoms with van der Waals surface area (Å²) < 4.78 is 42.0. The van der Waals surface area contributed by atoms with Crippen LogP contribution in [0.1, 0.15) is 89.9 Å². The molecule has 2 bridgehead atoms. The Kier molecular flexibility index (Phi) is 10.2. The Balaban J connectivity index is 1.14. The molecule has 3 N–H and O–H groups in total. The maximum atomic E-state index is 14.8. The van der Waals surface area contributed by atoms with Gasteiger partial charge in [-0.15, -0.1) is 6.58 Å². The molecule has 3 heterocycles. The van der Waals surface area contributed by atoms with Gasteiger partial charge in [-0.1, -0.05) is 43.5 Å². The van der Waals surface area contributed by atoms with Crippen molar-refractivity contribution in [2.24, 2.45) is 17.8 Å². The lowest BCUT2D eigenvalue weighted by molar-refractivity contribution is -0.142. The van der Waals surface area contributed by atoms with Crippen LogP contribution >= 0.6 is 0 Å². The van der Waals surface area contributed by atoms with E-state index in [0.717, 1.165) is 57.8 Å². The Morgan fingerprint density at radius 3 is 2.40 bits per heavy atom. The fraction of sp³-hybridized carbons (Fsp3) is 0.625. The van der Waals surface area contributed by atoms with Crippen LogP contribution in [0.2, 0.25) is 0 Å². The molecule has 5 fully saturated rings. The van der Waals surface area contributed by atoms with Crippen molar-refractivity contribution in [2.45, 2.75) is 132 Å². The molecule has 2 aliphatic heterocycles. The molecule has 4 saturated carbocycles. The van der Waals surface area contributed by atoms with Crippen molar-refractivity contribution in [1.29, 1.82) is 0 Å². The zero-order valence-corrected chi connectivity index (χ0v) is 31.9. The molecule has 0 spiro atoms. The lowest BCUT2D eigenvalue weighted by atomic mass is 9.96. The van der Waals surface area contributed by atoms with Crippen molar-refractivity contribution in [3.63, 3.8) is 0 Å². The molecule has 14 nitrogen and oxygen atoms in total. The minimum absolute atomic E-state index is 0.0251. The van der Waals surface area contributed by atoms with E-state index < -0.39 is 68.7 Å². The zero-order valence-electron chi connectivity index (χ0n) is 31.1.